The van der Waals surface area contributed by atoms with Crippen LogP contribution in [-0.2, 0) is 52.5 Å². The van der Waals surface area contributed by atoms with Gasteiger partial charge in [0.25, 0.3) is 23.6 Å². The van der Waals surface area contributed by atoms with E-state index in [1.165, 1.54) is 57.8 Å². The first-order valence-corrected chi connectivity index (χ1v) is 35.7. The summed E-state index contributed by atoms with van der Waals surface area (Å²) in [5, 5.41) is 37.5. The first kappa shape index (κ1) is 80.9. The molecule has 9 aromatic rings. The first-order valence-electron chi connectivity index (χ1n) is 35.7. The molecule has 114 heavy (non-hydrogen) atoms. The highest BCUT2D eigenvalue weighted by atomic mass is 19.4. The number of benzene rings is 3. The molecule has 15 rings (SSSR count). The van der Waals surface area contributed by atoms with E-state index in [2.05, 4.69) is 53.7 Å². The Morgan fingerprint density at radius 3 is 1.08 bits per heavy atom. The molecule has 3 saturated carbocycles. The Morgan fingerprint density at radius 1 is 0.500 bits per heavy atom. The number of carbonyl (C=O) groups is 6. The highest BCUT2D eigenvalue weighted by Gasteiger charge is 2.57. The van der Waals surface area contributed by atoms with Crippen LogP contribution in [0.1, 0.15) is 156 Å². The number of carbonyl (C=O) groups excluding carboxylic acids is 5. The highest BCUT2D eigenvalue weighted by Crippen LogP contribution is 2.57. The van der Waals surface area contributed by atoms with Gasteiger partial charge in [-0.15, -0.1) is 0 Å². The van der Waals surface area contributed by atoms with Crippen molar-refractivity contribution < 1.29 is 78.1 Å². The first-order chi connectivity index (χ1) is 53.6. The summed E-state index contributed by atoms with van der Waals surface area (Å²) in [7, 11) is 0. The van der Waals surface area contributed by atoms with Gasteiger partial charge in [0.2, 0.25) is 0 Å². The summed E-state index contributed by atoms with van der Waals surface area (Å²) in [5.41, 5.74) is 37.1. The maximum Gasteiger partial charge on any atom is 0.416 e. The number of primary amides is 3. The summed E-state index contributed by atoms with van der Waals surface area (Å²) in [6, 6.07) is 15.0. The lowest BCUT2D eigenvalue weighted by Crippen LogP contribution is -2.64. The summed E-state index contributed by atoms with van der Waals surface area (Å²) in [6.07, 6.45) is 0.408. The number of amides is 5. The van der Waals surface area contributed by atoms with E-state index >= 15 is 0 Å². The quantitative estimate of drug-likeness (QED) is 0.0350. The Labute approximate surface area is 645 Å². The predicted molar refractivity (Wildman–Crippen MR) is 395 cm³/mol. The molecule has 600 valence electrons. The summed E-state index contributed by atoms with van der Waals surface area (Å²) < 4.78 is 132. The van der Waals surface area contributed by atoms with Gasteiger partial charge in [0.15, 0.2) is 0 Å². The molecule has 14 N–H and O–H groups in total. The minimum atomic E-state index is -4.44. The van der Waals surface area contributed by atoms with E-state index < -0.39 is 64.5 Å². The monoisotopic (exact) mass is 1590 g/mol. The van der Waals surface area contributed by atoms with Crippen LogP contribution >= 0.6 is 0 Å². The molecule has 5 amide bonds. The van der Waals surface area contributed by atoms with Gasteiger partial charge < -0.3 is 59.4 Å². The molecule has 3 spiro atoms. The van der Waals surface area contributed by atoms with Crippen LogP contribution in [0.25, 0.3) is 33.8 Å². The van der Waals surface area contributed by atoms with Crippen LogP contribution < -0.4 is 39.7 Å². The fourth-order valence-electron chi connectivity index (χ4n) is 15.4. The largest absolute Gasteiger partial charge is 0.472 e. The number of aromatic nitrogens is 12. The minimum absolute atomic E-state index is 0.00295. The lowest BCUT2D eigenvalue weighted by atomic mass is 9.60. The molecular formula is C76H80F9N21O8. The van der Waals surface area contributed by atoms with Crippen molar-refractivity contribution in [2.24, 2.45) is 33.4 Å². The number of nitrogens with two attached hydrogens (primary N) is 6. The van der Waals surface area contributed by atoms with Crippen molar-refractivity contribution in [2.45, 2.75) is 135 Å². The summed E-state index contributed by atoms with van der Waals surface area (Å²) >= 11 is 0. The molecule has 0 bridgehead atoms. The SMILES string of the molecule is CC#CC(=O)N1CC2(CC(n3nc(-c4cnn(Cc5cccc(C(F)(F)F)c5)c4)c(C(N)=O)c3N)C2)C1.CC#CC(=O)O.CC(C)(C)OC(=O)N1CC2(CC(n3nc(-c4cnn(Cc5cccc(C(F)(F)F)c5)c4)c(C(N)=O)c3N)C2)C1.NC(=O)c1c(-c2cnn(Cc3cccc(C(F)(F)F)c3)c2)nn(C2CC3(CNC3)C2)c1N. The maximum absolute atomic E-state index is 13.1. The van der Waals surface area contributed by atoms with Crippen molar-refractivity contribution in [1.82, 2.24) is 73.8 Å². The van der Waals surface area contributed by atoms with Crippen LogP contribution in [0.15, 0.2) is 110 Å². The molecule has 38 heteroatoms. The number of alkyl halides is 9. The van der Waals surface area contributed by atoms with Crippen molar-refractivity contribution in [3.63, 3.8) is 0 Å². The number of likely N-dealkylation sites (tertiary alicyclic amines) is 2. The smallest absolute Gasteiger partial charge is 0.416 e. The van der Waals surface area contributed by atoms with Crippen molar-refractivity contribution in [3.8, 4) is 57.5 Å². The van der Waals surface area contributed by atoms with Crippen LogP contribution in [0.4, 0.5) is 61.8 Å². The number of nitrogens with one attached hydrogen (secondary N) is 1. The lowest BCUT2D eigenvalue weighted by molar-refractivity contribution is -0.148. The summed E-state index contributed by atoms with van der Waals surface area (Å²) in [5.74, 6) is 6.35. The van der Waals surface area contributed by atoms with Crippen LogP contribution in [0.5, 0.6) is 0 Å². The van der Waals surface area contributed by atoms with Crippen molar-refractivity contribution >= 4 is 53.1 Å². The second kappa shape index (κ2) is 30.8. The number of nitrogens with zero attached hydrogens (tertiary/aromatic N) is 14. The Kier molecular flexibility index (Phi) is 21.9. The number of aliphatic carboxylic acids is 1. The van der Waals surface area contributed by atoms with E-state index in [-0.39, 0.29) is 106 Å². The molecule has 3 saturated heterocycles. The third-order valence-corrected chi connectivity index (χ3v) is 20.7. The van der Waals surface area contributed by atoms with Crippen LogP contribution in [0, 0.1) is 39.9 Å². The zero-order chi connectivity index (χ0) is 82.5. The fourth-order valence-corrected chi connectivity index (χ4v) is 15.4. The van der Waals surface area contributed by atoms with E-state index in [0.717, 1.165) is 88.0 Å². The van der Waals surface area contributed by atoms with Gasteiger partial charge >= 0.3 is 30.6 Å². The second-order valence-corrected chi connectivity index (χ2v) is 30.5. The van der Waals surface area contributed by atoms with Gasteiger partial charge in [-0.25, -0.2) is 23.6 Å². The summed E-state index contributed by atoms with van der Waals surface area (Å²) in [6.45, 7) is 13.2. The molecule has 3 aromatic carbocycles. The van der Waals surface area contributed by atoms with E-state index in [4.69, 9.17) is 44.2 Å². The minimum Gasteiger partial charge on any atom is -0.472 e. The third-order valence-electron chi connectivity index (χ3n) is 20.7. The van der Waals surface area contributed by atoms with Gasteiger partial charge in [0.1, 0.15) is 56.8 Å². The molecule has 6 aliphatic rings. The number of nitrogen functional groups attached to an aromatic ring is 3. The van der Waals surface area contributed by atoms with E-state index in [9.17, 15) is 68.3 Å². The average Bonchev–Trinajstić information content (AvgIpc) is 1.45. The molecule has 0 unspecified atom stereocenters. The number of halogens is 9. The van der Waals surface area contributed by atoms with Gasteiger partial charge in [-0.1, -0.05) is 48.2 Å². The van der Waals surface area contributed by atoms with Gasteiger partial charge in [-0.05, 0) is 138 Å². The van der Waals surface area contributed by atoms with Crippen LogP contribution in [0.2, 0.25) is 0 Å². The normalized spacial score (nSPS) is 17.0. The number of anilines is 3. The molecule has 6 aromatic heterocycles. The van der Waals surface area contributed by atoms with Crippen molar-refractivity contribution in [3.05, 3.63) is 160 Å². The lowest BCUT2D eigenvalue weighted by Gasteiger charge is -2.58. The molecule has 3 aliphatic heterocycles. The van der Waals surface area contributed by atoms with E-state index in [1.807, 2.05) is 26.7 Å². The van der Waals surface area contributed by atoms with Crippen molar-refractivity contribution in [1.29, 1.82) is 0 Å². The number of rotatable bonds is 15. The molecule has 6 fully saturated rings. The highest BCUT2D eigenvalue weighted by molar-refractivity contribution is 6.05. The zero-order valence-corrected chi connectivity index (χ0v) is 62.2. The molecule has 29 nitrogen and oxygen atoms in total. The van der Waals surface area contributed by atoms with Gasteiger partial charge in [0.05, 0.1) is 73.0 Å². The maximum atomic E-state index is 13.1. The van der Waals surface area contributed by atoms with Crippen molar-refractivity contribution in [2.75, 3.05) is 56.5 Å². The van der Waals surface area contributed by atoms with Crippen LogP contribution in [0.3, 0.4) is 0 Å². The Hall–Kier alpha value is -12.6. The molecular weight excluding hydrogens is 1510 g/mol. The molecule has 3 aliphatic carbocycles. The third kappa shape index (κ3) is 17.4. The standard InChI is InChI=1S/C26H30F3N7O3.C25H24F3N7O2.C21H22F3N7O.C4H4O2/c1-24(2,3)39-23(38)34-13-25(14-34)8-18(9-25)36-21(30)19(22(31)37)20(33-36)16-10-32-35(12-16)11-15-5-4-6-17(7-15)26(27,28)29;1-2-4-19(36)33-13-24(14-33)8-18(9-24)35-22(29)20(23(30)37)21(32-35)16-10-31-34(12-16)11-15-5-3-6-17(7-15)25(26,27)28;22-21(23,24)14-3-1-2-12(4-14)8-30-9-13(7-28-30)17-16(19(26)32)18(25)31(29-17)15-5-20(6-15)10-27-11-20;1-2-3-4(5)6/h4-7,10,12,18H,8-9,11,13-14,30H2,1-3H3,(H2,31,37);3,5-7,10,12,18H,8-9,11,13-14,29H2,1H3,(H2,30,37);1-4,7,9,15,27H,5-6,8,10-11,25H2,(H2,26,32);1H3,(H,5,6). The Balaban J connectivity index is 0.000000153. The second-order valence-electron chi connectivity index (χ2n) is 30.5. The fraction of sp³-hybridized carbons (Fsp3) is 0.395. The average molecular weight is 1590 g/mol. The number of hydrogen-bond acceptors (Lipinski definition) is 17. The van der Waals surface area contributed by atoms with E-state index in [1.54, 1.807) is 67.6 Å². The van der Waals surface area contributed by atoms with Gasteiger partial charge in [-0.2, -0.15) is 70.1 Å². The predicted octanol–water partition coefficient (Wildman–Crippen LogP) is 9.26. The molecule has 9 heterocycles. The topological polar surface area (TPSA) is 413 Å². The number of carboxylic acids is 1. The number of carboxylic acid groups (broad SMARTS) is 1. The molecule has 0 atom stereocenters. The number of ether oxygens (including phenoxy) is 1. The van der Waals surface area contributed by atoms with Gasteiger partial charge in [0, 0.05) is 91.3 Å². The zero-order valence-electron chi connectivity index (χ0n) is 62.2. The Morgan fingerprint density at radius 2 is 0.816 bits per heavy atom. The van der Waals surface area contributed by atoms with Gasteiger partial charge in [-0.3, -0.25) is 33.2 Å². The van der Waals surface area contributed by atoms with Crippen LogP contribution in [-0.4, -0.2) is 154 Å². The number of hydrogen-bond donors (Lipinski definition) is 8. The molecule has 0 radical (unpaired) electrons. The summed E-state index contributed by atoms with van der Waals surface area (Å²) in [4.78, 5) is 73.7. The van der Waals surface area contributed by atoms with E-state index in [0.29, 0.717) is 70.7 Å². The Bertz CT molecular complexity index is 5320.